The molecule has 0 aromatic heterocycles. The molecule has 0 aromatic rings. The predicted octanol–water partition coefficient (Wildman–Crippen LogP) is 9.22. The average molecular weight is 587 g/mol. The molecule has 0 aliphatic carbocycles. The van der Waals surface area contributed by atoms with Gasteiger partial charge < -0.3 is 24.2 Å². The maximum atomic E-state index is 9.58. The zero-order chi connectivity index (χ0) is 30.1. The molecular formula is C36H76NO4+. The number of aliphatic hydroxyl groups excluding tert-OH is 2. The number of hydrogen-bond acceptors (Lipinski definition) is 4. The van der Waals surface area contributed by atoms with Crippen LogP contribution < -0.4 is 0 Å². The Morgan fingerprint density at radius 1 is 0.488 bits per heavy atom. The van der Waals surface area contributed by atoms with Crippen molar-refractivity contribution in [1.29, 1.82) is 0 Å². The van der Waals surface area contributed by atoms with E-state index in [0.717, 1.165) is 32.6 Å². The van der Waals surface area contributed by atoms with Crippen molar-refractivity contribution in [3.05, 3.63) is 0 Å². The van der Waals surface area contributed by atoms with Gasteiger partial charge >= 0.3 is 0 Å². The molecule has 2 N–H and O–H groups in total. The highest BCUT2D eigenvalue weighted by Gasteiger charge is 2.26. The normalized spacial score (nSPS) is 12.8. The second-order valence-corrected chi connectivity index (χ2v) is 13.0. The number of likely N-dealkylation sites (N-methyl/N-ethyl adjacent to an activating group) is 1. The Morgan fingerprint density at radius 3 is 1.20 bits per heavy atom. The number of hydrogen-bond donors (Lipinski definition) is 2. The molecule has 0 spiro atoms. The van der Waals surface area contributed by atoms with Crippen LogP contribution in [0.5, 0.6) is 0 Å². The van der Waals surface area contributed by atoms with E-state index in [1.807, 2.05) is 0 Å². The fourth-order valence-electron chi connectivity index (χ4n) is 5.88. The van der Waals surface area contributed by atoms with Crippen LogP contribution >= 0.6 is 0 Å². The summed E-state index contributed by atoms with van der Waals surface area (Å²) in [4.78, 5) is 0. The van der Waals surface area contributed by atoms with Crippen LogP contribution in [-0.2, 0) is 9.47 Å². The van der Waals surface area contributed by atoms with Gasteiger partial charge in [-0.05, 0) is 12.8 Å². The van der Waals surface area contributed by atoms with Crippen LogP contribution in [0.2, 0.25) is 0 Å². The van der Waals surface area contributed by atoms with Crippen LogP contribution in [0.1, 0.15) is 168 Å². The van der Waals surface area contributed by atoms with E-state index in [-0.39, 0.29) is 19.3 Å². The van der Waals surface area contributed by atoms with Crippen molar-refractivity contribution >= 4 is 0 Å². The van der Waals surface area contributed by atoms with Crippen molar-refractivity contribution in [3.63, 3.8) is 0 Å². The Balaban J connectivity index is 4.03. The number of quaternary nitrogens is 1. The van der Waals surface area contributed by atoms with E-state index >= 15 is 0 Å². The van der Waals surface area contributed by atoms with Gasteiger partial charge in [0.1, 0.15) is 25.7 Å². The molecule has 0 aromatic carbocycles. The lowest BCUT2D eigenvalue weighted by Crippen LogP contribution is -2.53. The zero-order valence-electron chi connectivity index (χ0n) is 28.4. The molecule has 0 saturated heterocycles. The summed E-state index contributed by atoms with van der Waals surface area (Å²) in [5.74, 6) is 0. The van der Waals surface area contributed by atoms with Gasteiger partial charge in [0.15, 0.2) is 0 Å². The minimum atomic E-state index is 0.0168. The summed E-state index contributed by atoms with van der Waals surface area (Å²) in [5.41, 5.74) is 0. The summed E-state index contributed by atoms with van der Waals surface area (Å²) >= 11 is 0. The smallest absolute Gasteiger partial charge is 0.130 e. The fourth-order valence-corrected chi connectivity index (χ4v) is 5.88. The highest BCUT2D eigenvalue weighted by atomic mass is 16.5. The van der Waals surface area contributed by atoms with Gasteiger partial charge in [-0.2, -0.15) is 0 Å². The van der Waals surface area contributed by atoms with E-state index < -0.39 is 0 Å². The van der Waals surface area contributed by atoms with E-state index in [1.165, 1.54) is 141 Å². The monoisotopic (exact) mass is 587 g/mol. The molecule has 0 saturated carbocycles. The third-order valence-corrected chi connectivity index (χ3v) is 8.72. The molecule has 248 valence electrons. The molecule has 0 aliphatic heterocycles. The summed E-state index contributed by atoms with van der Waals surface area (Å²) in [6.07, 6.45) is 32.5. The highest BCUT2D eigenvalue weighted by molar-refractivity contribution is 4.59. The molecule has 41 heavy (non-hydrogen) atoms. The van der Waals surface area contributed by atoms with Gasteiger partial charge in [-0.25, -0.2) is 0 Å². The van der Waals surface area contributed by atoms with Gasteiger partial charge in [0, 0.05) is 13.2 Å². The molecule has 0 rings (SSSR count). The summed E-state index contributed by atoms with van der Waals surface area (Å²) in [5, 5.41) is 19.2. The largest absolute Gasteiger partial charge is 0.391 e. The maximum Gasteiger partial charge on any atom is 0.130 e. The van der Waals surface area contributed by atoms with Crippen molar-refractivity contribution in [2.45, 2.75) is 174 Å². The van der Waals surface area contributed by atoms with Crippen LogP contribution in [0.15, 0.2) is 0 Å². The molecular weight excluding hydrogens is 510 g/mol. The van der Waals surface area contributed by atoms with Crippen LogP contribution in [0.3, 0.4) is 0 Å². The SMILES string of the molecule is CCCCCCCCCCCCCCOCC(C[N+](C)(CCO)CCO)OCCCCCCCCCCCCCC. The average Bonchev–Trinajstić information content (AvgIpc) is 2.95. The molecule has 0 heterocycles. The summed E-state index contributed by atoms with van der Waals surface area (Å²) in [7, 11) is 2.11. The van der Waals surface area contributed by atoms with Gasteiger partial charge in [0.25, 0.3) is 0 Å². The van der Waals surface area contributed by atoms with Crippen LogP contribution in [-0.4, -0.2) is 80.5 Å². The lowest BCUT2D eigenvalue weighted by atomic mass is 10.1. The second kappa shape index (κ2) is 32.7. The van der Waals surface area contributed by atoms with Crippen molar-refractivity contribution in [2.24, 2.45) is 0 Å². The molecule has 5 heteroatoms. The Labute approximate surface area is 257 Å². The maximum absolute atomic E-state index is 9.58. The molecule has 1 atom stereocenters. The van der Waals surface area contributed by atoms with Crippen molar-refractivity contribution in [2.75, 3.05) is 59.7 Å². The predicted molar refractivity (Wildman–Crippen MR) is 178 cm³/mol. The second-order valence-electron chi connectivity index (χ2n) is 13.0. The third-order valence-electron chi connectivity index (χ3n) is 8.72. The van der Waals surface area contributed by atoms with E-state index in [2.05, 4.69) is 20.9 Å². The molecule has 0 aliphatic rings. The van der Waals surface area contributed by atoms with Crippen molar-refractivity contribution < 1.29 is 24.2 Å². The minimum absolute atomic E-state index is 0.0168. The van der Waals surface area contributed by atoms with Gasteiger partial charge in [0.2, 0.25) is 0 Å². The van der Waals surface area contributed by atoms with Gasteiger partial charge in [-0.3, -0.25) is 0 Å². The van der Waals surface area contributed by atoms with Crippen LogP contribution in [0, 0.1) is 0 Å². The third kappa shape index (κ3) is 29.6. The topological polar surface area (TPSA) is 58.9 Å². The van der Waals surface area contributed by atoms with Gasteiger partial charge in [-0.15, -0.1) is 0 Å². The van der Waals surface area contributed by atoms with E-state index in [4.69, 9.17) is 9.47 Å². The number of aliphatic hydroxyl groups is 2. The van der Waals surface area contributed by atoms with Crippen molar-refractivity contribution in [3.8, 4) is 0 Å². The molecule has 1 unspecified atom stereocenters. The first-order chi connectivity index (χ1) is 20.1. The Hall–Kier alpha value is -0.200. The summed E-state index contributed by atoms with van der Waals surface area (Å²) in [6.45, 7) is 9.07. The Morgan fingerprint density at radius 2 is 0.829 bits per heavy atom. The standard InChI is InChI=1S/C36H76NO4/c1-4-6-8-10-12-14-16-18-20-22-24-26-32-40-35-36(34-37(3,28-30-38)29-31-39)41-33-27-25-23-21-19-17-15-13-11-9-7-5-2/h36,38-39H,4-35H2,1-3H3/q+1. The first-order valence-corrected chi connectivity index (χ1v) is 18.4. The lowest BCUT2D eigenvalue weighted by Gasteiger charge is -2.36. The zero-order valence-corrected chi connectivity index (χ0v) is 28.4. The quantitative estimate of drug-likeness (QED) is 0.0574. The molecule has 0 amide bonds. The number of ether oxygens (including phenoxy) is 2. The molecule has 5 nitrogen and oxygen atoms in total. The first-order valence-electron chi connectivity index (χ1n) is 18.4. The van der Waals surface area contributed by atoms with Crippen molar-refractivity contribution in [1.82, 2.24) is 0 Å². The van der Waals surface area contributed by atoms with E-state index in [9.17, 15) is 10.2 Å². The number of nitrogens with zero attached hydrogens (tertiary/aromatic N) is 1. The van der Waals surface area contributed by atoms with E-state index in [1.54, 1.807) is 0 Å². The van der Waals surface area contributed by atoms with Gasteiger partial charge in [-0.1, -0.05) is 155 Å². The number of rotatable bonds is 35. The highest BCUT2D eigenvalue weighted by Crippen LogP contribution is 2.14. The number of unbranched alkanes of at least 4 members (excludes halogenated alkanes) is 22. The lowest BCUT2D eigenvalue weighted by molar-refractivity contribution is -0.913. The minimum Gasteiger partial charge on any atom is -0.391 e. The van der Waals surface area contributed by atoms with Crippen LogP contribution in [0.25, 0.3) is 0 Å². The fraction of sp³-hybridized carbons (Fsp3) is 1.00. The molecule has 0 radical (unpaired) electrons. The molecule has 0 bridgehead atoms. The molecule has 0 fully saturated rings. The van der Waals surface area contributed by atoms with E-state index in [0.29, 0.717) is 24.2 Å². The van der Waals surface area contributed by atoms with Gasteiger partial charge in [0.05, 0.1) is 26.9 Å². The summed E-state index contributed by atoms with van der Waals surface area (Å²) < 4.78 is 13.0. The first kappa shape index (κ1) is 40.8. The van der Waals surface area contributed by atoms with Crippen LogP contribution in [0.4, 0.5) is 0 Å². The summed E-state index contributed by atoms with van der Waals surface area (Å²) in [6, 6.07) is 0. The Kier molecular flexibility index (Phi) is 32.5. The Bertz CT molecular complexity index is 484.